The standard InChI is InChI=1S/C15H24ClNO2/c1-5-8-17-14(10-19-11(2)3)13-9-12(16)6-7-15(13)18-4/h6-7,9,11,14,17H,5,8,10H2,1-4H3. The van der Waals surface area contributed by atoms with Gasteiger partial charge in [0.1, 0.15) is 5.75 Å². The molecule has 0 aliphatic rings. The number of halogens is 1. The summed E-state index contributed by atoms with van der Waals surface area (Å²) >= 11 is 6.09. The van der Waals surface area contributed by atoms with E-state index < -0.39 is 0 Å². The normalized spacial score (nSPS) is 12.7. The van der Waals surface area contributed by atoms with Gasteiger partial charge in [0, 0.05) is 10.6 Å². The van der Waals surface area contributed by atoms with Crippen molar-refractivity contribution in [2.24, 2.45) is 0 Å². The highest BCUT2D eigenvalue weighted by Gasteiger charge is 2.17. The lowest BCUT2D eigenvalue weighted by molar-refractivity contribution is 0.0606. The average Bonchev–Trinajstić information content (AvgIpc) is 2.38. The van der Waals surface area contributed by atoms with Crippen LogP contribution < -0.4 is 10.1 Å². The molecule has 0 aliphatic heterocycles. The average molecular weight is 286 g/mol. The van der Waals surface area contributed by atoms with Crippen molar-refractivity contribution in [3.8, 4) is 5.75 Å². The van der Waals surface area contributed by atoms with E-state index in [9.17, 15) is 0 Å². The van der Waals surface area contributed by atoms with Gasteiger partial charge in [0.05, 0.1) is 25.9 Å². The van der Waals surface area contributed by atoms with Crippen molar-refractivity contribution < 1.29 is 9.47 Å². The smallest absolute Gasteiger partial charge is 0.123 e. The third-order valence-corrected chi connectivity index (χ3v) is 3.04. The molecular weight excluding hydrogens is 262 g/mol. The molecule has 0 heterocycles. The second-order valence-electron chi connectivity index (χ2n) is 4.78. The molecule has 1 atom stereocenters. The number of hydrogen-bond acceptors (Lipinski definition) is 3. The predicted octanol–water partition coefficient (Wildman–Crippen LogP) is 3.81. The molecule has 0 spiro atoms. The Morgan fingerprint density at radius 1 is 1.32 bits per heavy atom. The van der Waals surface area contributed by atoms with E-state index in [4.69, 9.17) is 21.1 Å². The minimum absolute atomic E-state index is 0.0935. The maximum absolute atomic E-state index is 6.09. The molecule has 4 heteroatoms. The maximum Gasteiger partial charge on any atom is 0.123 e. The first kappa shape index (κ1) is 16.3. The predicted molar refractivity (Wildman–Crippen MR) is 80.1 cm³/mol. The van der Waals surface area contributed by atoms with Crippen LogP contribution in [-0.2, 0) is 4.74 Å². The molecule has 0 aliphatic carbocycles. The van der Waals surface area contributed by atoms with Crippen LogP contribution in [0.3, 0.4) is 0 Å². The second kappa shape index (κ2) is 8.41. The summed E-state index contributed by atoms with van der Waals surface area (Å²) in [6.45, 7) is 7.75. The largest absolute Gasteiger partial charge is 0.496 e. The molecule has 0 bridgehead atoms. The highest BCUT2D eigenvalue weighted by Crippen LogP contribution is 2.28. The lowest BCUT2D eigenvalue weighted by atomic mass is 10.1. The molecule has 1 N–H and O–H groups in total. The Labute approximate surface area is 121 Å². The molecule has 1 aromatic rings. The number of methoxy groups -OCH3 is 1. The van der Waals surface area contributed by atoms with E-state index in [1.165, 1.54) is 0 Å². The molecule has 0 saturated carbocycles. The van der Waals surface area contributed by atoms with E-state index in [-0.39, 0.29) is 12.1 Å². The summed E-state index contributed by atoms with van der Waals surface area (Å²) in [5, 5.41) is 4.19. The van der Waals surface area contributed by atoms with Crippen molar-refractivity contribution in [2.75, 3.05) is 20.3 Å². The maximum atomic E-state index is 6.09. The van der Waals surface area contributed by atoms with Gasteiger partial charge in [-0.2, -0.15) is 0 Å². The SMILES string of the molecule is CCCNC(COC(C)C)c1cc(Cl)ccc1OC. The van der Waals surface area contributed by atoms with Gasteiger partial charge in [0.15, 0.2) is 0 Å². The van der Waals surface area contributed by atoms with Crippen LogP contribution in [0.2, 0.25) is 5.02 Å². The minimum atomic E-state index is 0.0935. The number of hydrogen-bond donors (Lipinski definition) is 1. The van der Waals surface area contributed by atoms with E-state index in [1.807, 2.05) is 32.0 Å². The fraction of sp³-hybridized carbons (Fsp3) is 0.600. The summed E-state index contributed by atoms with van der Waals surface area (Å²) in [5.41, 5.74) is 1.05. The summed E-state index contributed by atoms with van der Waals surface area (Å²) in [5.74, 6) is 0.838. The van der Waals surface area contributed by atoms with Crippen LogP contribution in [-0.4, -0.2) is 26.4 Å². The highest BCUT2D eigenvalue weighted by atomic mass is 35.5. The van der Waals surface area contributed by atoms with E-state index in [0.29, 0.717) is 11.6 Å². The van der Waals surface area contributed by atoms with Crippen LogP contribution in [0, 0.1) is 0 Å². The Balaban J connectivity index is 2.90. The van der Waals surface area contributed by atoms with E-state index in [0.717, 1.165) is 24.3 Å². The summed E-state index contributed by atoms with van der Waals surface area (Å²) in [6.07, 6.45) is 1.28. The zero-order valence-corrected chi connectivity index (χ0v) is 13.0. The van der Waals surface area contributed by atoms with Gasteiger partial charge in [-0.15, -0.1) is 0 Å². The number of benzene rings is 1. The van der Waals surface area contributed by atoms with Crippen LogP contribution in [0.5, 0.6) is 5.75 Å². The zero-order chi connectivity index (χ0) is 14.3. The summed E-state index contributed by atoms with van der Waals surface area (Å²) in [6, 6.07) is 5.77. The highest BCUT2D eigenvalue weighted by molar-refractivity contribution is 6.30. The second-order valence-corrected chi connectivity index (χ2v) is 5.21. The number of nitrogens with one attached hydrogen (secondary N) is 1. The fourth-order valence-electron chi connectivity index (χ4n) is 1.84. The van der Waals surface area contributed by atoms with Gasteiger partial charge in [-0.05, 0) is 45.0 Å². The molecule has 0 fully saturated rings. The van der Waals surface area contributed by atoms with Crippen LogP contribution >= 0.6 is 11.6 Å². The van der Waals surface area contributed by atoms with Crippen molar-refractivity contribution in [3.05, 3.63) is 28.8 Å². The third-order valence-electron chi connectivity index (χ3n) is 2.80. The van der Waals surface area contributed by atoms with Gasteiger partial charge in [-0.3, -0.25) is 0 Å². The van der Waals surface area contributed by atoms with E-state index in [1.54, 1.807) is 7.11 Å². The molecule has 0 aromatic heterocycles. The minimum Gasteiger partial charge on any atom is -0.496 e. The molecule has 19 heavy (non-hydrogen) atoms. The lowest BCUT2D eigenvalue weighted by Gasteiger charge is -2.22. The van der Waals surface area contributed by atoms with Gasteiger partial charge in [0.2, 0.25) is 0 Å². The van der Waals surface area contributed by atoms with Crippen molar-refractivity contribution in [3.63, 3.8) is 0 Å². The third kappa shape index (κ3) is 5.39. The Bertz CT molecular complexity index is 382. The molecule has 0 saturated heterocycles. The lowest BCUT2D eigenvalue weighted by Crippen LogP contribution is -2.28. The molecule has 0 amide bonds. The topological polar surface area (TPSA) is 30.5 Å². The van der Waals surface area contributed by atoms with Crippen molar-refractivity contribution >= 4 is 11.6 Å². The quantitative estimate of drug-likeness (QED) is 0.788. The van der Waals surface area contributed by atoms with Crippen LogP contribution in [0.1, 0.15) is 38.8 Å². The Kier molecular flexibility index (Phi) is 7.21. The summed E-state index contributed by atoms with van der Waals surface area (Å²) in [7, 11) is 1.67. The molecule has 3 nitrogen and oxygen atoms in total. The molecule has 0 radical (unpaired) electrons. The number of ether oxygens (including phenoxy) is 2. The monoisotopic (exact) mass is 285 g/mol. The van der Waals surface area contributed by atoms with Gasteiger partial charge in [-0.25, -0.2) is 0 Å². The van der Waals surface area contributed by atoms with Crippen LogP contribution in [0.25, 0.3) is 0 Å². The van der Waals surface area contributed by atoms with Crippen LogP contribution in [0.4, 0.5) is 0 Å². The van der Waals surface area contributed by atoms with E-state index in [2.05, 4.69) is 12.2 Å². The van der Waals surface area contributed by atoms with Crippen LogP contribution in [0.15, 0.2) is 18.2 Å². The Morgan fingerprint density at radius 2 is 2.05 bits per heavy atom. The Morgan fingerprint density at radius 3 is 2.63 bits per heavy atom. The van der Waals surface area contributed by atoms with Gasteiger partial charge in [-0.1, -0.05) is 18.5 Å². The van der Waals surface area contributed by atoms with E-state index >= 15 is 0 Å². The fourth-order valence-corrected chi connectivity index (χ4v) is 2.02. The summed E-state index contributed by atoms with van der Waals surface area (Å²) < 4.78 is 11.1. The number of rotatable bonds is 8. The molecule has 1 aromatic carbocycles. The first-order valence-corrected chi connectivity index (χ1v) is 7.14. The molecule has 108 valence electrons. The van der Waals surface area contributed by atoms with Gasteiger partial charge >= 0.3 is 0 Å². The van der Waals surface area contributed by atoms with Crippen molar-refractivity contribution in [1.82, 2.24) is 5.32 Å². The summed E-state index contributed by atoms with van der Waals surface area (Å²) in [4.78, 5) is 0. The zero-order valence-electron chi connectivity index (χ0n) is 12.2. The molecular formula is C15H24ClNO2. The van der Waals surface area contributed by atoms with Gasteiger partial charge < -0.3 is 14.8 Å². The molecule has 1 rings (SSSR count). The Hall–Kier alpha value is -0.770. The first-order valence-electron chi connectivity index (χ1n) is 6.76. The first-order chi connectivity index (χ1) is 9.08. The van der Waals surface area contributed by atoms with Crippen molar-refractivity contribution in [1.29, 1.82) is 0 Å². The molecule has 1 unspecified atom stereocenters. The van der Waals surface area contributed by atoms with Crippen molar-refractivity contribution in [2.45, 2.75) is 39.3 Å². The van der Waals surface area contributed by atoms with Gasteiger partial charge in [0.25, 0.3) is 0 Å².